The minimum absolute atomic E-state index is 0. The van der Waals surface area contributed by atoms with Crippen molar-refractivity contribution < 1.29 is 13.2 Å². The van der Waals surface area contributed by atoms with Crippen LogP contribution < -0.4 is 10.6 Å². The zero-order chi connectivity index (χ0) is 18.3. The van der Waals surface area contributed by atoms with Crippen LogP contribution in [0.3, 0.4) is 0 Å². The summed E-state index contributed by atoms with van der Waals surface area (Å²) in [5.74, 6) is 0.860. The molecule has 0 aromatic carbocycles. The maximum absolute atomic E-state index is 12.6. The molecule has 2 N–H and O–H groups in total. The summed E-state index contributed by atoms with van der Waals surface area (Å²) in [6.45, 7) is 6.19. The first-order valence-corrected chi connectivity index (χ1v) is 8.77. The average Bonchev–Trinajstić information content (AvgIpc) is 3.21. The minimum Gasteiger partial charge on any atom is -0.357 e. The smallest absolute Gasteiger partial charge is 0.357 e. The fourth-order valence-corrected chi connectivity index (χ4v) is 2.79. The van der Waals surface area contributed by atoms with Crippen LogP contribution in [0.4, 0.5) is 13.2 Å². The lowest BCUT2D eigenvalue weighted by atomic mass is 10.2. The lowest BCUT2D eigenvalue weighted by Crippen LogP contribution is -2.40. The number of nitrogens with zero attached hydrogens (tertiary/aromatic N) is 4. The Morgan fingerprint density at radius 3 is 2.73 bits per heavy atom. The van der Waals surface area contributed by atoms with Gasteiger partial charge in [0.1, 0.15) is 5.01 Å². The van der Waals surface area contributed by atoms with Gasteiger partial charge in [-0.05, 0) is 18.9 Å². The van der Waals surface area contributed by atoms with Gasteiger partial charge in [0.2, 0.25) is 0 Å². The molecule has 0 aliphatic heterocycles. The van der Waals surface area contributed by atoms with E-state index in [9.17, 15) is 13.2 Å². The fraction of sp³-hybridized carbons (Fsp3) is 0.533. The molecule has 2 aromatic heterocycles. The van der Waals surface area contributed by atoms with Gasteiger partial charge >= 0.3 is 6.18 Å². The molecule has 146 valence electrons. The molecule has 0 fully saturated rings. The Morgan fingerprint density at radius 1 is 1.38 bits per heavy atom. The molecule has 1 unspecified atom stereocenters. The van der Waals surface area contributed by atoms with Crippen LogP contribution in [0.2, 0.25) is 0 Å². The van der Waals surface area contributed by atoms with Crippen molar-refractivity contribution >= 4 is 41.3 Å². The van der Waals surface area contributed by atoms with Gasteiger partial charge in [0.25, 0.3) is 0 Å². The van der Waals surface area contributed by atoms with Gasteiger partial charge in [-0.25, -0.2) is 9.98 Å². The molecule has 2 aromatic rings. The monoisotopic (exact) mass is 502 g/mol. The van der Waals surface area contributed by atoms with E-state index in [1.807, 2.05) is 23.9 Å². The van der Waals surface area contributed by atoms with E-state index in [1.165, 1.54) is 0 Å². The Kier molecular flexibility index (Phi) is 9.33. The normalized spacial score (nSPS) is 13.2. The van der Waals surface area contributed by atoms with Crippen molar-refractivity contribution in [2.45, 2.75) is 33.1 Å². The molecule has 0 saturated carbocycles. The van der Waals surface area contributed by atoms with Crippen LogP contribution >= 0.6 is 35.3 Å². The zero-order valence-corrected chi connectivity index (χ0v) is 17.6. The van der Waals surface area contributed by atoms with Gasteiger partial charge in [-0.15, -0.1) is 35.3 Å². The number of aliphatic imine (C=N–C) groups is 1. The van der Waals surface area contributed by atoms with Crippen LogP contribution in [0.1, 0.15) is 24.5 Å². The van der Waals surface area contributed by atoms with Crippen molar-refractivity contribution in [2.24, 2.45) is 10.9 Å². The molecule has 0 amide bonds. The lowest BCUT2D eigenvalue weighted by molar-refractivity contribution is -0.140. The average molecular weight is 502 g/mol. The summed E-state index contributed by atoms with van der Waals surface area (Å²) < 4.78 is 39.5. The second kappa shape index (κ2) is 10.7. The molecule has 26 heavy (non-hydrogen) atoms. The molecule has 0 bridgehead atoms. The molecule has 0 aliphatic rings. The molecule has 2 heterocycles. The summed E-state index contributed by atoms with van der Waals surface area (Å²) in [6, 6.07) is 1.87. The molecular formula is C15H22F3IN6S. The van der Waals surface area contributed by atoms with Crippen LogP contribution in [-0.4, -0.2) is 33.8 Å². The van der Waals surface area contributed by atoms with Crippen molar-refractivity contribution in [3.63, 3.8) is 0 Å². The molecule has 1 atom stereocenters. The van der Waals surface area contributed by atoms with E-state index in [0.29, 0.717) is 30.0 Å². The van der Waals surface area contributed by atoms with Crippen molar-refractivity contribution in [1.29, 1.82) is 0 Å². The summed E-state index contributed by atoms with van der Waals surface area (Å²) in [6.07, 6.45) is -0.783. The highest BCUT2D eigenvalue weighted by molar-refractivity contribution is 14.0. The van der Waals surface area contributed by atoms with Crippen LogP contribution in [-0.2, 0) is 19.3 Å². The summed E-state index contributed by atoms with van der Waals surface area (Å²) in [4.78, 5) is 7.88. The SMILES string of the molecule is CCNC(=NCc1nc(C(F)(F)F)cs1)NCC(C)Cn1cccn1.I. The molecule has 0 saturated heterocycles. The van der Waals surface area contributed by atoms with E-state index < -0.39 is 11.9 Å². The number of nitrogens with one attached hydrogen (secondary N) is 2. The summed E-state index contributed by atoms with van der Waals surface area (Å²) in [5, 5.41) is 11.8. The number of alkyl halides is 3. The quantitative estimate of drug-likeness (QED) is 0.346. The number of aromatic nitrogens is 3. The van der Waals surface area contributed by atoms with E-state index in [0.717, 1.165) is 23.3 Å². The van der Waals surface area contributed by atoms with E-state index in [2.05, 4.69) is 32.6 Å². The Hall–Kier alpha value is -1.37. The number of rotatable bonds is 7. The van der Waals surface area contributed by atoms with Gasteiger partial charge in [-0.1, -0.05) is 6.92 Å². The molecule has 2 rings (SSSR count). The Morgan fingerprint density at radius 2 is 2.15 bits per heavy atom. The number of thiazole rings is 1. The Labute approximate surface area is 171 Å². The first-order valence-electron chi connectivity index (χ1n) is 7.89. The van der Waals surface area contributed by atoms with Crippen LogP contribution in [0.25, 0.3) is 0 Å². The van der Waals surface area contributed by atoms with Gasteiger partial charge < -0.3 is 10.6 Å². The van der Waals surface area contributed by atoms with Crippen molar-refractivity contribution in [3.8, 4) is 0 Å². The van der Waals surface area contributed by atoms with Gasteiger partial charge in [0, 0.05) is 37.4 Å². The summed E-state index contributed by atoms with van der Waals surface area (Å²) in [5.41, 5.74) is -0.867. The number of halogens is 4. The fourth-order valence-electron chi connectivity index (χ4n) is 2.07. The van der Waals surface area contributed by atoms with Crippen molar-refractivity contribution in [1.82, 2.24) is 25.4 Å². The first kappa shape index (κ1) is 22.7. The van der Waals surface area contributed by atoms with Gasteiger partial charge in [0.15, 0.2) is 11.7 Å². The van der Waals surface area contributed by atoms with Crippen molar-refractivity contribution in [2.75, 3.05) is 13.1 Å². The predicted molar refractivity (Wildman–Crippen MR) is 107 cm³/mol. The zero-order valence-electron chi connectivity index (χ0n) is 14.5. The van der Waals surface area contributed by atoms with Gasteiger partial charge in [0.05, 0.1) is 6.54 Å². The second-order valence-corrected chi connectivity index (χ2v) is 6.48. The van der Waals surface area contributed by atoms with Crippen LogP contribution in [0.15, 0.2) is 28.8 Å². The minimum atomic E-state index is -4.41. The largest absolute Gasteiger partial charge is 0.434 e. The van der Waals surface area contributed by atoms with Crippen LogP contribution in [0.5, 0.6) is 0 Å². The summed E-state index contributed by atoms with van der Waals surface area (Å²) >= 11 is 0.958. The molecular weight excluding hydrogens is 480 g/mol. The Bertz CT molecular complexity index is 671. The lowest BCUT2D eigenvalue weighted by Gasteiger charge is -2.15. The Balaban J connectivity index is 0.00000338. The third kappa shape index (κ3) is 7.48. The molecule has 0 spiro atoms. The number of hydrogen-bond acceptors (Lipinski definition) is 4. The van der Waals surface area contributed by atoms with E-state index >= 15 is 0 Å². The van der Waals surface area contributed by atoms with Gasteiger partial charge in [-0.3, -0.25) is 4.68 Å². The topological polar surface area (TPSA) is 67.1 Å². The first-order chi connectivity index (χ1) is 11.9. The highest BCUT2D eigenvalue weighted by Gasteiger charge is 2.33. The molecule has 6 nitrogen and oxygen atoms in total. The third-order valence-electron chi connectivity index (χ3n) is 3.23. The van der Waals surface area contributed by atoms with Crippen LogP contribution in [0, 0.1) is 5.92 Å². The second-order valence-electron chi connectivity index (χ2n) is 5.53. The van der Waals surface area contributed by atoms with E-state index in [1.54, 1.807) is 6.20 Å². The predicted octanol–water partition coefficient (Wildman–Crippen LogP) is 3.37. The van der Waals surface area contributed by atoms with Gasteiger partial charge in [-0.2, -0.15) is 18.3 Å². The number of hydrogen-bond donors (Lipinski definition) is 2. The highest BCUT2D eigenvalue weighted by Crippen LogP contribution is 2.30. The molecule has 0 radical (unpaired) electrons. The maximum atomic E-state index is 12.6. The van der Waals surface area contributed by atoms with E-state index in [-0.39, 0.29) is 30.5 Å². The molecule has 0 aliphatic carbocycles. The standard InChI is InChI=1S/C15H21F3N6S.HI/c1-3-19-14(20-7-11(2)9-24-6-4-5-22-24)21-8-13-23-12(10-25-13)15(16,17)18;/h4-6,10-11H,3,7-9H2,1-2H3,(H2,19,20,21);1H. The summed E-state index contributed by atoms with van der Waals surface area (Å²) in [7, 11) is 0. The number of guanidine groups is 1. The van der Waals surface area contributed by atoms with E-state index in [4.69, 9.17) is 0 Å². The maximum Gasteiger partial charge on any atom is 0.434 e. The highest BCUT2D eigenvalue weighted by atomic mass is 127. The third-order valence-corrected chi connectivity index (χ3v) is 4.07. The molecule has 11 heteroatoms. The van der Waals surface area contributed by atoms with Crippen molar-refractivity contribution in [3.05, 3.63) is 34.5 Å².